The average molecular weight is 325 g/mol. The molecule has 22 heavy (non-hydrogen) atoms. The lowest BCUT2D eigenvalue weighted by atomic mass is 9.85. The summed E-state index contributed by atoms with van der Waals surface area (Å²) in [5, 5.41) is 6.30. The molecule has 0 heterocycles. The van der Waals surface area contributed by atoms with Crippen molar-refractivity contribution in [2.75, 3.05) is 31.6 Å². The molecule has 0 amide bonds. The molecule has 0 aliphatic rings. The van der Waals surface area contributed by atoms with Gasteiger partial charge in [0.05, 0.1) is 5.75 Å². The summed E-state index contributed by atoms with van der Waals surface area (Å²) < 4.78 is 22.9. The van der Waals surface area contributed by atoms with Crippen LogP contribution in [-0.4, -0.2) is 46.0 Å². The SMILES string of the molecule is CCS(=O)(=O)CCNC(=NC)NCC(C)(C)c1ccccc1. The summed E-state index contributed by atoms with van der Waals surface area (Å²) in [6, 6.07) is 10.3. The molecule has 0 bridgehead atoms. The van der Waals surface area contributed by atoms with Crippen molar-refractivity contribution < 1.29 is 8.42 Å². The normalized spacial score (nSPS) is 13.0. The second-order valence-electron chi connectivity index (χ2n) is 5.84. The zero-order chi connectivity index (χ0) is 16.6. The van der Waals surface area contributed by atoms with Crippen molar-refractivity contribution in [3.8, 4) is 0 Å². The summed E-state index contributed by atoms with van der Waals surface area (Å²) in [6.45, 7) is 7.04. The van der Waals surface area contributed by atoms with E-state index in [1.54, 1.807) is 14.0 Å². The fourth-order valence-corrected chi connectivity index (χ4v) is 2.69. The zero-order valence-corrected chi connectivity index (χ0v) is 14.7. The van der Waals surface area contributed by atoms with E-state index in [1.165, 1.54) is 5.56 Å². The maximum absolute atomic E-state index is 11.5. The van der Waals surface area contributed by atoms with Crippen molar-refractivity contribution in [3.05, 3.63) is 35.9 Å². The molecule has 0 aliphatic carbocycles. The van der Waals surface area contributed by atoms with E-state index in [1.807, 2.05) is 18.2 Å². The molecule has 124 valence electrons. The van der Waals surface area contributed by atoms with Crippen LogP contribution in [0.15, 0.2) is 35.3 Å². The molecule has 0 aliphatic heterocycles. The summed E-state index contributed by atoms with van der Waals surface area (Å²) in [6.07, 6.45) is 0. The van der Waals surface area contributed by atoms with Gasteiger partial charge < -0.3 is 10.6 Å². The first-order chi connectivity index (χ1) is 10.3. The Balaban J connectivity index is 2.51. The number of aliphatic imine (C=N–C) groups is 1. The van der Waals surface area contributed by atoms with Gasteiger partial charge in [-0.3, -0.25) is 4.99 Å². The summed E-state index contributed by atoms with van der Waals surface area (Å²) in [5.74, 6) is 0.906. The number of nitrogens with zero attached hydrogens (tertiary/aromatic N) is 1. The van der Waals surface area contributed by atoms with Crippen LogP contribution in [0.2, 0.25) is 0 Å². The maximum Gasteiger partial charge on any atom is 0.191 e. The molecular weight excluding hydrogens is 298 g/mol. The molecule has 2 N–H and O–H groups in total. The van der Waals surface area contributed by atoms with Gasteiger partial charge in [0.25, 0.3) is 0 Å². The van der Waals surface area contributed by atoms with E-state index < -0.39 is 9.84 Å². The fraction of sp³-hybridized carbons (Fsp3) is 0.562. The minimum absolute atomic E-state index is 0.0472. The number of rotatable bonds is 7. The molecule has 0 aromatic heterocycles. The van der Waals surface area contributed by atoms with Gasteiger partial charge in [0.15, 0.2) is 15.8 Å². The third-order valence-electron chi connectivity index (χ3n) is 3.62. The summed E-state index contributed by atoms with van der Waals surface area (Å²) in [5.41, 5.74) is 1.19. The smallest absolute Gasteiger partial charge is 0.191 e. The van der Waals surface area contributed by atoms with E-state index in [2.05, 4.69) is 41.6 Å². The van der Waals surface area contributed by atoms with E-state index in [0.717, 1.165) is 0 Å². The summed E-state index contributed by atoms with van der Waals surface area (Å²) in [4.78, 5) is 4.13. The van der Waals surface area contributed by atoms with Crippen LogP contribution in [0.5, 0.6) is 0 Å². The molecule has 0 unspecified atom stereocenters. The van der Waals surface area contributed by atoms with Gasteiger partial charge in [-0.05, 0) is 5.56 Å². The van der Waals surface area contributed by atoms with Gasteiger partial charge in [-0.15, -0.1) is 0 Å². The van der Waals surface area contributed by atoms with Crippen LogP contribution < -0.4 is 10.6 Å². The lowest BCUT2D eigenvalue weighted by Crippen LogP contribution is -2.44. The van der Waals surface area contributed by atoms with E-state index in [9.17, 15) is 8.42 Å². The van der Waals surface area contributed by atoms with Crippen LogP contribution in [0.4, 0.5) is 0 Å². The number of hydrogen-bond acceptors (Lipinski definition) is 3. The zero-order valence-electron chi connectivity index (χ0n) is 13.9. The van der Waals surface area contributed by atoms with Crippen LogP contribution in [-0.2, 0) is 15.3 Å². The van der Waals surface area contributed by atoms with Gasteiger partial charge in [-0.2, -0.15) is 0 Å². The lowest BCUT2D eigenvalue weighted by Gasteiger charge is -2.26. The summed E-state index contributed by atoms with van der Waals surface area (Å²) >= 11 is 0. The van der Waals surface area contributed by atoms with Crippen LogP contribution in [0.3, 0.4) is 0 Å². The van der Waals surface area contributed by atoms with Crippen LogP contribution in [0.25, 0.3) is 0 Å². The third kappa shape index (κ3) is 6.05. The Morgan fingerprint density at radius 1 is 1.18 bits per heavy atom. The number of hydrogen-bond donors (Lipinski definition) is 2. The average Bonchev–Trinajstić information content (AvgIpc) is 2.51. The predicted molar refractivity (Wildman–Crippen MR) is 93.2 cm³/mol. The number of sulfone groups is 1. The molecule has 0 fully saturated rings. The molecule has 5 nitrogen and oxygen atoms in total. The topological polar surface area (TPSA) is 70.6 Å². The second-order valence-corrected chi connectivity index (χ2v) is 8.31. The number of guanidine groups is 1. The van der Waals surface area contributed by atoms with Crippen molar-refractivity contribution in [1.29, 1.82) is 0 Å². The van der Waals surface area contributed by atoms with Crippen molar-refractivity contribution in [3.63, 3.8) is 0 Å². The third-order valence-corrected chi connectivity index (χ3v) is 5.33. The maximum atomic E-state index is 11.5. The fourth-order valence-electron chi connectivity index (χ4n) is 1.99. The molecule has 0 saturated heterocycles. The van der Waals surface area contributed by atoms with Gasteiger partial charge in [0.1, 0.15) is 0 Å². The van der Waals surface area contributed by atoms with Crippen molar-refractivity contribution >= 4 is 15.8 Å². The Labute approximate surface area is 134 Å². The van der Waals surface area contributed by atoms with Crippen molar-refractivity contribution in [2.45, 2.75) is 26.2 Å². The Bertz CT molecular complexity index is 581. The van der Waals surface area contributed by atoms with Gasteiger partial charge in [-0.25, -0.2) is 8.42 Å². The molecule has 0 radical (unpaired) electrons. The highest BCUT2D eigenvalue weighted by atomic mass is 32.2. The van der Waals surface area contributed by atoms with E-state index in [0.29, 0.717) is 19.0 Å². The first kappa shape index (κ1) is 18.5. The van der Waals surface area contributed by atoms with Gasteiger partial charge >= 0.3 is 0 Å². The predicted octanol–water partition coefficient (Wildman–Crippen LogP) is 1.56. The first-order valence-corrected chi connectivity index (χ1v) is 9.33. The van der Waals surface area contributed by atoms with E-state index in [4.69, 9.17) is 0 Å². The quantitative estimate of drug-likeness (QED) is 0.590. The van der Waals surface area contributed by atoms with Gasteiger partial charge in [0, 0.05) is 31.3 Å². The summed E-state index contributed by atoms with van der Waals surface area (Å²) in [7, 11) is -1.28. The standard InChI is InChI=1S/C16H27N3O2S/c1-5-22(20,21)12-11-18-15(17-4)19-13-16(2,3)14-9-7-6-8-10-14/h6-10H,5,11-13H2,1-4H3,(H2,17,18,19). The van der Waals surface area contributed by atoms with Gasteiger partial charge in [0.2, 0.25) is 0 Å². The molecule has 1 rings (SSSR count). The monoisotopic (exact) mass is 325 g/mol. The van der Waals surface area contributed by atoms with Crippen molar-refractivity contribution in [1.82, 2.24) is 10.6 Å². The molecule has 1 aromatic carbocycles. The minimum atomic E-state index is -2.95. The molecule has 6 heteroatoms. The van der Waals surface area contributed by atoms with E-state index in [-0.39, 0.29) is 16.9 Å². The number of benzene rings is 1. The Morgan fingerprint density at radius 3 is 2.36 bits per heavy atom. The Morgan fingerprint density at radius 2 is 1.82 bits per heavy atom. The minimum Gasteiger partial charge on any atom is -0.356 e. The lowest BCUT2D eigenvalue weighted by molar-refractivity contribution is 0.509. The molecule has 1 aromatic rings. The molecular formula is C16H27N3O2S. The Hall–Kier alpha value is -1.56. The second kappa shape index (κ2) is 8.17. The van der Waals surface area contributed by atoms with Crippen molar-refractivity contribution in [2.24, 2.45) is 4.99 Å². The van der Waals surface area contributed by atoms with Gasteiger partial charge in [-0.1, -0.05) is 51.1 Å². The van der Waals surface area contributed by atoms with Crippen LogP contribution >= 0.6 is 0 Å². The molecule has 0 atom stereocenters. The highest BCUT2D eigenvalue weighted by Gasteiger charge is 2.20. The van der Waals surface area contributed by atoms with E-state index >= 15 is 0 Å². The van der Waals surface area contributed by atoms with Crippen LogP contribution in [0.1, 0.15) is 26.3 Å². The first-order valence-electron chi connectivity index (χ1n) is 7.51. The van der Waals surface area contributed by atoms with Crippen LogP contribution in [0, 0.1) is 0 Å². The largest absolute Gasteiger partial charge is 0.356 e. The highest BCUT2D eigenvalue weighted by molar-refractivity contribution is 7.91. The Kier molecular flexibility index (Phi) is 6.87. The highest BCUT2D eigenvalue weighted by Crippen LogP contribution is 2.21. The molecule has 0 saturated carbocycles. The molecule has 0 spiro atoms. The number of nitrogens with one attached hydrogen (secondary N) is 2.